The number of fused-ring (bicyclic) bond motifs is 1. The molecule has 1 aliphatic rings. The smallest absolute Gasteiger partial charge is 0.244 e. The van der Waals surface area contributed by atoms with Crippen LogP contribution < -0.4 is 15.2 Å². The molecule has 0 fully saturated rings. The van der Waals surface area contributed by atoms with Crippen molar-refractivity contribution in [3.05, 3.63) is 64.4 Å². The molecular weight excluding hydrogens is 348 g/mol. The average molecular weight is 364 g/mol. The zero-order chi connectivity index (χ0) is 18.1. The number of H-pyrrole nitrogens is 1. The van der Waals surface area contributed by atoms with E-state index in [1.165, 1.54) is 0 Å². The normalized spacial score (nSPS) is 15.9. The quantitative estimate of drug-likeness (QED) is 0.735. The van der Waals surface area contributed by atoms with Crippen molar-refractivity contribution in [3.8, 4) is 28.3 Å². The number of allylic oxidation sites excluding steroid dienone is 1. The first-order valence-corrected chi connectivity index (χ1v) is 9.03. The fourth-order valence-electron chi connectivity index (χ4n) is 3.11. The molecule has 1 unspecified atom stereocenters. The summed E-state index contributed by atoms with van der Waals surface area (Å²) in [7, 11) is 0. The van der Waals surface area contributed by atoms with Gasteiger partial charge in [-0.2, -0.15) is 5.26 Å². The van der Waals surface area contributed by atoms with E-state index in [1.54, 1.807) is 11.3 Å². The number of aromatic amines is 1. The predicted molar refractivity (Wildman–Crippen MR) is 98.8 cm³/mol. The number of nitrogens with zero attached hydrogens (tertiary/aromatic N) is 2. The van der Waals surface area contributed by atoms with Gasteiger partial charge in [0.15, 0.2) is 0 Å². The number of nitrogens with two attached hydrogens (primary N) is 1. The topological polar surface area (TPSA) is 96.9 Å². The van der Waals surface area contributed by atoms with Crippen molar-refractivity contribution in [3.63, 3.8) is 0 Å². The van der Waals surface area contributed by atoms with Crippen LogP contribution >= 0.6 is 11.3 Å². The molecule has 2 aromatic heterocycles. The summed E-state index contributed by atoms with van der Waals surface area (Å²) in [5, 5.41) is 19.0. The molecule has 3 heterocycles. The second-order valence-electron chi connectivity index (χ2n) is 5.72. The number of benzene rings is 1. The summed E-state index contributed by atoms with van der Waals surface area (Å²) in [6.07, 6.45) is 0. The standard InChI is InChI=1S/C19H16N4O2S/c1-2-24-12-7-5-11(6-8-12)15-13(10-20)18(21)25-19-16(15)17(22-23-19)14-4-3-9-26-14/h3-9,15H,2,21H2,1H3,(H,22,23). The van der Waals surface area contributed by atoms with Gasteiger partial charge in [0.1, 0.15) is 17.4 Å². The van der Waals surface area contributed by atoms with Gasteiger partial charge >= 0.3 is 0 Å². The van der Waals surface area contributed by atoms with Crippen LogP contribution in [0, 0.1) is 11.3 Å². The highest BCUT2D eigenvalue weighted by Crippen LogP contribution is 2.46. The lowest BCUT2D eigenvalue weighted by atomic mass is 9.84. The third-order valence-corrected chi connectivity index (χ3v) is 5.12. The van der Waals surface area contributed by atoms with Gasteiger partial charge in [0.05, 0.1) is 28.7 Å². The first-order valence-electron chi connectivity index (χ1n) is 8.15. The molecule has 3 aromatic rings. The summed E-state index contributed by atoms with van der Waals surface area (Å²) in [6.45, 7) is 2.54. The van der Waals surface area contributed by atoms with Gasteiger partial charge < -0.3 is 15.2 Å². The van der Waals surface area contributed by atoms with Crippen LogP contribution in [0.15, 0.2) is 53.2 Å². The summed E-state index contributed by atoms with van der Waals surface area (Å²) in [5.41, 5.74) is 8.96. The third kappa shape index (κ3) is 2.61. The first-order chi connectivity index (χ1) is 12.7. The molecule has 0 radical (unpaired) electrons. The van der Waals surface area contributed by atoms with Crippen molar-refractivity contribution >= 4 is 11.3 Å². The monoisotopic (exact) mass is 364 g/mol. The van der Waals surface area contributed by atoms with Crippen LogP contribution in [-0.2, 0) is 0 Å². The summed E-state index contributed by atoms with van der Waals surface area (Å²) in [4.78, 5) is 1.02. The Balaban J connectivity index is 1.87. The molecule has 0 bridgehead atoms. The van der Waals surface area contributed by atoms with E-state index in [0.717, 1.165) is 27.4 Å². The van der Waals surface area contributed by atoms with E-state index < -0.39 is 0 Å². The number of hydrogen-bond donors (Lipinski definition) is 2. The van der Waals surface area contributed by atoms with E-state index in [0.29, 0.717) is 18.1 Å². The van der Waals surface area contributed by atoms with Gasteiger partial charge in [0.25, 0.3) is 0 Å². The minimum absolute atomic E-state index is 0.0862. The molecule has 3 N–H and O–H groups in total. The molecule has 130 valence electrons. The molecule has 1 aromatic carbocycles. The zero-order valence-electron chi connectivity index (χ0n) is 14.0. The van der Waals surface area contributed by atoms with E-state index in [2.05, 4.69) is 16.3 Å². The summed E-state index contributed by atoms with van der Waals surface area (Å²) >= 11 is 1.59. The Morgan fingerprint density at radius 2 is 2.15 bits per heavy atom. The Kier molecular flexibility index (Phi) is 4.11. The molecule has 0 amide bonds. The Morgan fingerprint density at radius 3 is 2.81 bits per heavy atom. The van der Waals surface area contributed by atoms with Crippen LogP contribution in [0.3, 0.4) is 0 Å². The number of rotatable bonds is 4. The van der Waals surface area contributed by atoms with Gasteiger partial charge in [-0.15, -0.1) is 16.4 Å². The maximum absolute atomic E-state index is 9.70. The van der Waals surface area contributed by atoms with Crippen LogP contribution in [0.25, 0.3) is 10.6 Å². The zero-order valence-corrected chi connectivity index (χ0v) is 14.8. The second kappa shape index (κ2) is 6.58. The van der Waals surface area contributed by atoms with Crippen molar-refractivity contribution < 1.29 is 9.47 Å². The van der Waals surface area contributed by atoms with Crippen molar-refractivity contribution in [2.75, 3.05) is 6.61 Å². The molecule has 1 atom stereocenters. The number of hydrogen-bond acceptors (Lipinski definition) is 6. The van der Waals surface area contributed by atoms with Gasteiger partial charge in [0, 0.05) is 0 Å². The lowest BCUT2D eigenvalue weighted by Gasteiger charge is -2.24. The first kappa shape index (κ1) is 16.2. The lowest BCUT2D eigenvalue weighted by Crippen LogP contribution is -2.20. The van der Waals surface area contributed by atoms with Crippen molar-refractivity contribution in [2.45, 2.75) is 12.8 Å². The van der Waals surface area contributed by atoms with Crippen LogP contribution in [0.5, 0.6) is 11.6 Å². The Hall–Kier alpha value is -3.24. The Labute approximate surface area is 154 Å². The molecule has 6 nitrogen and oxygen atoms in total. The second-order valence-corrected chi connectivity index (χ2v) is 6.67. The van der Waals surface area contributed by atoms with Crippen LogP contribution in [0.2, 0.25) is 0 Å². The maximum atomic E-state index is 9.70. The van der Waals surface area contributed by atoms with Crippen LogP contribution in [-0.4, -0.2) is 16.8 Å². The molecule has 7 heteroatoms. The van der Waals surface area contributed by atoms with E-state index in [4.69, 9.17) is 15.2 Å². The van der Waals surface area contributed by atoms with Gasteiger partial charge in [-0.1, -0.05) is 18.2 Å². The number of nitrogens with one attached hydrogen (secondary N) is 1. The Bertz CT molecular complexity index is 997. The lowest BCUT2D eigenvalue weighted by molar-refractivity contribution is 0.340. The van der Waals surface area contributed by atoms with Gasteiger partial charge in [-0.05, 0) is 36.1 Å². The van der Waals surface area contributed by atoms with Gasteiger partial charge in [-0.25, -0.2) is 0 Å². The van der Waals surface area contributed by atoms with E-state index in [1.807, 2.05) is 48.7 Å². The highest BCUT2D eigenvalue weighted by Gasteiger charge is 2.35. The number of aromatic nitrogens is 2. The van der Waals surface area contributed by atoms with Crippen LogP contribution in [0.4, 0.5) is 0 Å². The summed E-state index contributed by atoms with van der Waals surface area (Å²) in [5.74, 6) is 0.923. The maximum Gasteiger partial charge on any atom is 0.244 e. The Morgan fingerprint density at radius 1 is 1.35 bits per heavy atom. The minimum atomic E-state index is -0.352. The summed E-state index contributed by atoms with van der Waals surface area (Å²) < 4.78 is 11.1. The highest BCUT2D eigenvalue weighted by molar-refractivity contribution is 7.13. The van der Waals surface area contributed by atoms with E-state index in [-0.39, 0.29) is 11.8 Å². The van der Waals surface area contributed by atoms with E-state index in [9.17, 15) is 5.26 Å². The average Bonchev–Trinajstić information content (AvgIpc) is 3.31. The summed E-state index contributed by atoms with van der Waals surface area (Å²) in [6, 6.07) is 13.9. The predicted octanol–water partition coefficient (Wildman–Crippen LogP) is 3.76. The molecule has 0 saturated heterocycles. The molecule has 1 aliphatic heterocycles. The molecular formula is C19H16N4O2S. The van der Waals surface area contributed by atoms with Crippen LogP contribution in [0.1, 0.15) is 24.0 Å². The van der Waals surface area contributed by atoms with Gasteiger partial charge in [0.2, 0.25) is 11.8 Å². The molecule has 4 rings (SSSR count). The van der Waals surface area contributed by atoms with Crippen molar-refractivity contribution in [1.82, 2.24) is 10.2 Å². The number of nitriles is 1. The SMILES string of the molecule is CCOc1ccc(C2C(C#N)=C(N)Oc3n[nH]c(-c4cccs4)c32)cc1. The molecule has 0 aliphatic carbocycles. The third-order valence-electron chi connectivity index (χ3n) is 4.23. The number of ether oxygens (including phenoxy) is 2. The molecule has 0 saturated carbocycles. The number of thiophene rings is 1. The largest absolute Gasteiger partial charge is 0.494 e. The van der Waals surface area contributed by atoms with Gasteiger partial charge in [-0.3, -0.25) is 5.10 Å². The van der Waals surface area contributed by atoms with Crippen molar-refractivity contribution in [2.24, 2.45) is 5.73 Å². The fourth-order valence-corrected chi connectivity index (χ4v) is 3.84. The highest BCUT2D eigenvalue weighted by atomic mass is 32.1. The van der Waals surface area contributed by atoms with Crippen molar-refractivity contribution in [1.29, 1.82) is 5.26 Å². The fraction of sp³-hybridized carbons (Fsp3) is 0.158. The van der Waals surface area contributed by atoms with E-state index >= 15 is 0 Å². The molecule has 0 spiro atoms. The molecule has 26 heavy (non-hydrogen) atoms. The minimum Gasteiger partial charge on any atom is -0.494 e.